The standard InChI is InChI=1S/C30H31FN4O4/c1-16-11-18(30(33-3)34-35-32)12-17(2)28(16)22-7-9-24(31)29-23(22)8-10-25(29)39-20-5-6-21-19(13-27(36)37-4)15-38-26(21)14-20/h5-7,9,11-12,14,19,25H,8,10,13,15H2,1-4H3,(H2,32,33,34)/t19-,25-/m1/s1. The number of halogens is 1. The molecule has 9 heteroatoms. The van der Waals surface area contributed by atoms with E-state index in [0.717, 1.165) is 38.9 Å². The third-order valence-corrected chi connectivity index (χ3v) is 7.49. The predicted octanol–water partition coefficient (Wildman–Crippen LogP) is 5.92. The molecule has 202 valence electrons. The molecule has 5 rings (SSSR count). The van der Waals surface area contributed by atoms with E-state index in [4.69, 9.17) is 20.1 Å². The van der Waals surface area contributed by atoms with Crippen LogP contribution in [0.2, 0.25) is 0 Å². The van der Waals surface area contributed by atoms with Crippen molar-refractivity contribution in [3.05, 3.63) is 81.7 Å². The molecule has 0 saturated carbocycles. The van der Waals surface area contributed by atoms with E-state index in [9.17, 15) is 4.79 Å². The van der Waals surface area contributed by atoms with Crippen LogP contribution in [0.4, 0.5) is 4.39 Å². The number of methoxy groups -OCH3 is 1. The zero-order chi connectivity index (χ0) is 27.7. The molecular formula is C30H31FN4O4. The second-order valence-corrected chi connectivity index (χ2v) is 9.87. The van der Waals surface area contributed by atoms with Gasteiger partial charge in [0.25, 0.3) is 0 Å². The topological polar surface area (TPSA) is 108 Å². The summed E-state index contributed by atoms with van der Waals surface area (Å²) in [6.07, 6.45) is 1.19. The third kappa shape index (κ3) is 4.96. The second kappa shape index (κ2) is 10.8. The van der Waals surface area contributed by atoms with Crippen LogP contribution in [0.1, 0.15) is 58.2 Å². The van der Waals surface area contributed by atoms with E-state index in [1.54, 1.807) is 7.05 Å². The highest BCUT2D eigenvalue weighted by Gasteiger charge is 2.32. The third-order valence-electron chi connectivity index (χ3n) is 7.49. The fourth-order valence-corrected chi connectivity index (χ4v) is 5.78. The number of nitrogens with two attached hydrogens (primary N) is 1. The summed E-state index contributed by atoms with van der Waals surface area (Å²) in [5.74, 6) is 6.38. The lowest BCUT2D eigenvalue weighted by atomic mass is 9.89. The maximum atomic E-state index is 15.3. The highest BCUT2D eigenvalue weighted by Crippen LogP contribution is 2.45. The molecule has 8 nitrogen and oxygen atoms in total. The molecule has 0 aromatic heterocycles. The summed E-state index contributed by atoms with van der Waals surface area (Å²) >= 11 is 0. The van der Waals surface area contributed by atoms with Crippen LogP contribution in [0, 0.1) is 19.7 Å². The van der Waals surface area contributed by atoms with Crippen molar-refractivity contribution in [3.63, 3.8) is 0 Å². The first-order chi connectivity index (χ1) is 18.8. The number of aliphatic imine (C=N–C) groups is 1. The van der Waals surface area contributed by atoms with Crippen molar-refractivity contribution in [3.8, 4) is 22.6 Å². The molecule has 0 radical (unpaired) electrons. The van der Waals surface area contributed by atoms with Crippen molar-refractivity contribution in [2.24, 2.45) is 21.2 Å². The number of esters is 1. The quantitative estimate of drug-likeness (QED) is 0.106. The van der Waals surface area contributed by atoms with E-state index in [-0.39, 0.29) is 24.1 Å². The summed E-state index contributed by atoms with van der Waals surface area (Å²) < 4.78 is 32.2. The number of amidine groups is 1. The second-order valence-electron chi connectivity index (χ2n) is 9.87. The fraction of sp³-hybridized carbons (Fsp3) is 0.333. The lowest BCUT2D eigenvalue weighted by molar-refractivity contribution is -0.141. The summed E-state index contributed by atoms with van der Waals surface area (Å²) in [4.78, 5) is 15.9. The Hall–Kier alpha value is -4.27. The first-order valence-electron chi connectivity index (χ1n) is 12.9. The molecule has 0 unspecified atom stereocenters. The van der Waals surface area contributed by atoms with Gasteiger partial charge in [0.2, 0.25) is 0 Å². The van der Waals surface area contributed by atoms with E-state index in [1.165, 1.54) is 13.2 Å². The van der Waals surface area contributed by atoms with E-state index >= 15 is 4.39 Å². The Morgan fingerprint density at radius 3 is 2.62 bits per heavy atom. The van der Waals surface area contributed by atoms with Crippen LogP contribution in [0.3, 0.4) is 0 Å². The van der Waals surface area contributed by atoms with Crippen molar-refractivity contribution < 1.29 is 23.4 Å². The van der Waals surface area contributed by atoms with E-state index in [0.29, 0.717) is 42.3 Å². The number of benzene rings is 3. The molecule has 0 fully saturated rings. The van der Waals surface area contributed by atoms with Crippen molar-refractivity contribution in [2.45, 2.75) is 45.1 Å². The molecule has 0 spiro atoms. The Morgan fingerprint density at radius 1 is 1.15 bits per heavy atom. The highest BCUT2D eigenvalue weighted by molar-refractivity contribution is 6.00. The lowest BCUT2D eigenvalue weighted by Gasteiger charge is -2.19. The summed E-state index contributed by atoms with van der Waals surface area (Å²) in [7, 11) is 3.02. The molecule has 1 aliphatic heterocycles. The molecule has 3 aromatic rings. The van der Waals surface area contributed by atoms with Gasteiger partial charge in [-0.3, -0.25) is 9.79 Å². The fourth-order valence-electron chi connectivity index (χ4n) is 5.78. The minimum Gasteiger partial charge on any atom is -0.492 e. The molecule has 3 aromatic carbocycles. The van der Waals surface area contributed by atoms with E-state index < -0.39 is 6.10 Å². The molecule has 2 N–H and O–H groups in total. The van der Waals surface area contributed by atoms with Crippen molar-refractivity contribution in [2.75, 3.05) is 20.8 Å². The number of aryl methyl sites for hydroxylation is 2. The highest BCUT2D eigenvalue weighted by atomic mass is 19.1. The molecule has 0 amide bonds. The summed E-state index contributed by atoms with van der Waals surface area (Å²) in [5, 5.41) is 7.29. The van der Waals surface area contributed by atoms with Gasteiger partial charge in [-0.05, 0) is 78.8 Å². The Labute approximate surface area is 226 Å². The van der Waals surface area contributed by atoms with Gasteiger partial charge in [-0.1, -0.05) is 17.4 Å². The van der Waals surface area contributed by atoms with Crippen LogP contribution < -0.4 is 15.3 Å². The molecule has 0 bridgehead atoms. The van der Waals surface area contributed by atoms with Gasteiger partial charge in [-0.2, -0.15) is 0 Å². The maximum absolute atomic E-state index is 15.3. The Balaban J connectivity index is 1.44. The van der Waals surface area contributed by atoms with Crippen LogP contribution in [0.25, 0.3) is 11.1 Å². The summed E-state index contributed by atoms with van der Waals surface area (Å²) in [6.45, 7) is 4.46. The molecule has 2 atom stereocenters. The van der Waals surface area contributed by atoms with Gasteiger partial charge >= 0.3 is 5.97 Å². The average Bonchev–Trinajstić information content (AvgIpc) is 3.52. The van der Waals surface area contributed by atoms with Gasteiger partial charge in [-0.25, -0.2) is 4.39 Å². The van der Waals surface area contributed by atoms with Gasteiger partial charge in [-0.15, -0.1) is 5.11 Å². The molecule has 39 heavy (non-hydrogen) atoms. The predicted molar refractivity (Wildman–Crippen MR) is 146 cm³/mol. The largest absolute Gasteiger partial charge is 0.492 e. The molecule has 0 saturated heterocycles. The molecule has 2 aliphatic rings. The van der Waals surface area contributed by atoms with Gasteiger partial charge in [0.1, 0.15) is 23.4 Å². The minimum absolute atomic E-state index is 0.0513. The minimum atomic E-state index is -0.422. The Kier molecular flexibility index (Phi) is 7.32. The number of fused-ring (bicyclic) bond motifs is 2. The van der Waals surface area contributed by atoms with Crippen molar-refractivity contribution in [1.82, 2.24) is 0 Å². The van der Waals surface area contributed by atoms with Gasteiger partial charge in [0.05, 0.1) is 20.1 Å². The smallest absolute Gasteiger partial charge is 0.306 e. The monoisotopic (exact) mass is 530 g/mol. The SMILES string of the molecule is CN=C(N=NN)c1cc(C)c(-c2ccc(F)c3c2CC[C@H]3Oc2ccc3c(c2)OC[C@H]3CC(=O)OC)c(C)c1. The zero-order valence-corrected chi connectivity index (χ0v) is 22.5. The lowest BCUT2D eigenvalue weighted by Crippen LogP contribution is -2.09. The normalized spacial score (nSPS) is 18.1. The van der Waals surface area contributed by atoms with Crippen LogP contribution in [0.15, 0.2) is 57.8 Å². The Morgan fingerprint density at radius 2 is 1.92 bits per heavy atom. The summed E-state index contributed by atoms with van der Waals surface area (Å²) in [6, 6.07) is 13.0. The van der Waals surface area contributed by atoms with Crippen LogP contribution in [-0.4, -0.2) is 32.6 Å². The first kappa shape index (κ1) is 26.3. The number of carbonyl (C=O) groups excluding carboxylic acids is 1. The number of hydrogen-bond acceptors (Lipinski definition) is 6. The molecule has 1 heterocycles. The van der Waals surface area contributed by atoms with Gasteiger partial charge < -0.3 is 20.1 Å². The van der Waals surface area contributed by atoms with E-state index in [1.807, 2.05) is 50.2 Å². The maximum Gasteiger partial charge on any atom is 0.306 e. The molecular weight excluding hydrogens is 499 g/mol. The van der Waals surface area contributed by atoms with Crippen LogP contribution >= 0.6 is 0 Å². The van der Waals surface area contributed by atoms with Crippen molar-refractivity contribution >= 4 is 11.8 Å². The zero-order valence-electron chi connectivity index (χ0n) is 22.5. The number of rotatable bonds is 6. The Bertz CT molecular complexity index is 1480. The van der Waals surface area contributed by atoms with Crippen LogP contribution in [0.5, 0.6) is 11.5 Å². The average molecular weight is 531 g/mol. The summed E-state index contributed by atoms with van der Waals surface area (Å²) in [5.41, 5.74) is 7.41. The number of hydrogen-bond donors (Lipinski definition) is 1. The number of nitrogens with zero attached hydrogens (tertiary/aromatic N) is 3. The van der Waals surface area contributed by atoms with E-state index in [2.05, 4.69) is 15.3 Å². The van der Waals surface area contributed by atoms with Gasteiger partial charge in [0.15, 0.2) is 5.84 Å². The first-order valence-corrected chi connectivity index (χ1v) is 12.9. The number of ether oxygens (including phenoxy) is 3. The molecule has 1 aliphatic carbocycles. The number of carbonyl (C=O) groups is 1. The van der Waals surface area contributed by atoms with Crippen molar-refractivity contribution in [1.29, 1.82) is 0 Å². The van der Waals surface area contributed by atoms with Crippen LogP contribution in [-0.2, 0) is 16.0 Å². The van der Waals surface area contributed by atoms with Gasteiger partial charge in [0, 0.05) is 35.7 Å².